The third kappa shape index (κ3) is 7.56. The molecule has 1 amide bonds. The molecule has 0 aliphatic carbocycles. The average Bonchev–Trinajstić information content (AvgIpc) is 2.21. The van der Waals surface area contributed by atoms with Crippen molar-refractivity contribution in [2.45, 2.75) is 73.0 Å². The van der Waals surface area contributed by atoms with Crippen LogP contribution in [0.4, 0.5) is 4.79 Å². The highest BCUT2D eigenvalue weighted by molar-refractivity contribution is 5.68. The molecular formula is C16H27N3O2. The van der Waals surface area contributed by atoms with Gasteiger partial charge in [-0.1, -0.05) is 27.7 Å². The molecular weight excluding hydrogens is 266 g/mol. The highest BCUT2D eigenvalue weighted by atomic mass is 16.6. The van der Waals surface area contributed by atoms with Crippen molar-refractivity contribution < 1.29 is 9.53 Å². The van der Waals surface area contributed by atoms with Crippen LogP contribution < -0.4 is 5.32 Å². The monoisotopic (exact) mass is 293 g/mol. The number of nitrogens with one attached hydrogen (secondary N) is 1. The Labute approximate surface area is 128 Å². The first-order valence-electron chi connectivity index (χ1n) is 7.09. The van der Waals surface area contributed by atoms with Crippen LogP contribution in [0.25, 0.3) is 0 Å². The number of alkyl carbamates (subject to hydrolysis) is 1. The summed E-state index contributed by atoms with van der Waals surface area (Å²) in [4.78, 5) is 11.8. The van der Waals surface area contributed by atoms with E-state index in [2.05, 4.69) is 17.5 Å². The van der Waals surface area contributed by atoms with Crippen molar-refractivity contribution in [3.05, 3.63) is 0 Å². The third-order valence-corrected chi connectivity index (χ3v) is 3.06. The molecule has 0 saturated heterocycles. The minimum atomic E-state index is -0.676. The highest BCUT2D eigenvalue weighted by Gasteiger charge is 2.37. The molecule has 0 unspecified atom stereocenters. The fourth-order valence-corrected chi connectivity index (χ4v) is 2.44. The minimum Gasteiger partial charge on any atom is -0.444 e. The molecule has 0 aromatic heterocycles. The van der Waals surface area contributed by atoms with Gasteiger partial charge in [0.05, 0.1) is 12.1 Å². The first-order chi connectivity index (χ1) is 9.33. The van der Waals surface area contributed by atoms with Gasteiger partial charge in [-0.2, -0.15) is 10.5 Å². The van der Waals surface area contributed by atoms with Gasteiger partial charge in [0.1, 0.15) is 11.6 Å². The van der Waals surface area contributed by atoms with Crippen LogP contribution in [0.5, 0.6) is 0 Å². The Morgan fingerprint density at radius 1 is 1.14 bits per heavy atom. The molecule has 0 aromatic carbocycles. The molecule has 0 aliphatic rings. The minimum absolute atomic E-state index is 0.219. The molecule has 1 N–H and O–H groups in total. The molecule has 0 fully saturated rings. The first-order valence-corrected chi connectivity index (χ1v) is 7.09. The van der Waals surface area contributed by atoms with Crippen molar-refractivity contribution in [3.8, 4) is 12.1 Å². The van der Waals surface area contributed by atoms with Gasteiger partial charge in [0.2, 0.25) is 0 Å². The Morgan fingerprint density at radius 2 is 1.67 bits per heavy atom. The second-order valence-corrected chi connectivity index (χ2v) is 7.87. The van der Waals surface area contributed by atoms with E-state index in [0.717, 1.165) is 0 Å². The van der Waals surface area contributed by atoms with E-state index in [0.29, 0.717) is 12.8 Å². The quantitative estimate of drug-likeness (QED) is 0.836. The molecule has 0 bridgehead atoms. The van der Waals surface area contributed by atoms with Crippen LogP contribution in [0.1, 0.15) is 61.3 Å². The molecule has 118 valence electrons. The number of hydrogen-bond acceptors (Lipinski definition) is 4. The van der Waals surface area contributed by atoms with E-state index in [-0.39, 0.29) is 5.41 Å². The van der Waals surface area contributed by atoms with Crippen molar-refractivity contribution >= 4 is 6.09 Å². The lowest BCUT2D eigenvalue weighted by Gasteiger charge is -2.37. The van der Waals surface area contributed by atoms with Crippen molar-refractivity contribution in [3.63, 3.8) is 0 Å². The van der Waals surface area contributed by atoms with E-state index < -0.39 is 23.2 Å². The Hall–Kier alpha value is -1.75. The van der Waals surface area contributed by atoms with Crippen LogP contribution in [-0.4, -0.2) is 17.7 Å². The molecule has 0 aliphatic heterocycles. The lowest BCUT2D eigenvalue weighted by atomic mass is 9.70. The predicted octanol–water partition coefficient (Wildman–Crippen LogP) is 3.76. The summed E-state index contributed by atoms with van der Waals surface area (Å²) in [6.07, 6.45) is 0.447. The summed E-state index contributed by atoms with van der Waals surface area (Å²) < 4.78 is 5.19. The average molecular weight is 293 g/mol. The molecule has 5 heteroatoms. The summed E-state index contributed by atoms with van der Waals surface area (Å²) in [7, 11) is 0. The number of nitriles is 2. The van der Waals surface area contributed by atoms with Crippen molar-refractivity contribution in [2.24, 2.45) is 10.8 Å². The molecule has 0 heterocycles. The number of carbonyl (C=O) groups excluding carboxylic acids is 1. The number of carbonyl (C=O) groups is 1. The Balaban J connectivity index is 4.90. The largest absolute Gasteiger partial charge is 0.444 e. The lowest BCUT2D eigenvalue weighted by molar-refractivity contribution is 0.0460. The van der Waals surface area contributed by atoms with Gasteiger partial charge in [0.15, 0.2) is 0 Å². The predicted molar refractivity (Wildman–Crippen MR) is 81.2 cm³/mol. The third-order valence-electron chi connectivity index (χ3n) is 3.06. The van der Waals surface area contributed by atoms with Crippen LogP contribution in [0, 0.1) is 33.5 Å². The van der Waals surface area contributed by atoms with E-state index >= 15 is 0 Å². The molecule has 0 rings (SSSR count). The number of nitrogens with zero attached hydrogens (tertiary/aromatic N) is 2. The van der Waals surface area contributed by atoms with Crippen LogP contribution in [-0.2, 0) is 4.74 Å². The Morgan fingerprint density at radius 3 is 2.05 bits per heavy atom. The van der Waals surface area contributed by atoms with Gasteiger partial charge in [0, 0.05) is 6.42 Å². The number of rotatable bonds is 5. The summed E-state index contributed by atoms with van der Waals surface area (Å²) in [5.74, 6) is 0. The maximum Gasteiger partial charge on any atom is 0.408 e. The molecule has 0 radical (unpaired) electrons. The maximum absolute atomic E-state index is 11.8. The number of amides is 1. The van der Waals surface area contributed by atoms with Crippen molar-refractivity contribution in [2.75, 3.05) is 0 Å². The molecule has 0 spiro atoms. The Bertz CT molecular complexity index is 448. The van der Waals surface area contributed by atoms with Gasteiger partial charge in [-0.15, -0.1) is 0 Å². The first kappa shape index (κ1) is 19.2. The zero-order chi connectivity index (χ0) is 16.9. The summed E-state index contributed by atoms with van der Waals surface area (Å²) in [5, 5.41) is 20.8. The van der Waals surface area contributed by atoms with Gasteiger partial charge in [-0.25, -0.2) is 4.79 Å². The highest BCUT2D eigenvalue weighted by Crippen LogP contribution is 2.38. The summed E-state index contributed by atoms with van der Waals surface area (Å²) in [6.45, 7) is 13.1. The zero-order valence-corrected chi connectivity index (χ0v) is 14.2. The van der Waals surface area contributed by atoms with Gasteiger partial charge < -0.3 is 10.1 Å². The van der Waals surface area contributed by atoms with E-state index in [1.807, 2.05) is 27.7 Å². The lowest BCUT2D eigenvalue weighted by Crippen LogP contribution is -2.47. The van der Waals surface area contributed by atoms with Crippen molar-refractivity contribution in [1.29, 1.82) is 10.5 Å². The Kier molecular flexibility index (Phi) is 6.24. The van der Waals surface area contributed by atoms with Crippen LogP contribution in [0.2, 0.25) is 0 Å². The molecule has 0 aromatic rings. The fraction of sp³-hybridized carbons (Fsp3) is 0.812. The van der Waals surface area contributed by atoms with Gasteiger partial charge in [0.25, 0.3) is 0 Å². The van der Waals surface area contributed by atoms with E-state index in [1.54, 1.807) is 20.8 Å². The van der Waals surface area contributed by atoms with E-state index in [4.69, 9.17) is 10.00 Å². The molecule has 21 heavy (non-hydrogen) atoms. The normalized spacial score (nSPS) is 13.8. The smallest absolute Gasteiger partial charge is 0.408 e. The molecule has 5 nitrogen and oxygen atoms in total. The van der Waals surface area contributed by atoms with Gasteiger partial charge in [-0.05, 0) is 38.0 Å². The van der Waals surface area contributed by atoms with Gasteiger partial charge in [-0.3, -0.25) is 0 Å². The SMILES string of the molecule is CC(C)(CC#N)CC(C)(C)[C@@H](C#N)NC(=O)OC(C)(C)C. The standard InChI is InChI=1S/C16H27N3O2/c1-14(2,3)21-13(20)19-12(10-18)16(6,7)11-15(4,5)8-9-17/h12H,8,11H2,1-7H3,(H,19,20)/t12-/m1/s1. The molecule has 1 atom stereocenters. The zero-order valence-electron chi connectivity index (χ0n) is 14.2. The second kappa shape index (κ2) is 6.80. The van der Waals surface area contributed by atoms with Gasteiger partial charge >= 0.3 is 6.09 Å². The topological polar surface area (TPSA) is 85.9 Å². The van der Waals surface area contributed by atoms with Crippen LogP contribution >= 0.6 is 0 Å². The summed E-state index contributed by atoms with van der Waals surface area (Å²) in [5.41, 5.74) is -1.29. The maximum atomic E-state index is 11.8. The van der Waals surface area contributed by atoms with Crippen LogP contribution in [0.15, 0.2) is 0 Å². The molecule has 0 saturated carbocycles. The number of hydrogen-bond donors (Lipinski definition) is 1. The fourth-order valence-electron chi connectivity index (χ4n) is 2.44. The summed E-state index contributed by atoms with van der Waals surface area (Å²) >= 11 is 0. The van der Waals surface area contributed by atoms with Crippen molar-refractivity contribution in [1.82, 2.24) is 5.32 Å². The van der Waals surface area contributed by atoms with E-state index in [9.17, 15) is 10.1 Å². The summed E-state index contributed by atoms with van der Waals surface area (Å²) in [6, 6.07) is 3.62. The van der Waals surface area contributed by atoms with E-state index in [1.165, 1.54) is 0 Å². The second-order valence-electron chi connectivity index (χ2n) is 7.87. The van der Waals surface area contributed by atoms with Crippen LogP contribution in [0.3, 0.4) is 0 Å². The number of ether oxygens (including phenoxy) is 1.